The van der Waals surface area contributed by atoms with E-state index in [1.807, 2.05) is 25.1 Å². The smallest absolute Gasteiger partial charge is 0.256 e. The second kappa shape index (κ2) is 8.63. The van der Waals surface area contributed by atoms with E-state index in [-0.39, 0.29) is 33.5 Å². The first-order chi connectivity index (χ1) is 14.4. The molecule has 1 saturated heterocycles. The molecular formula is C21H24ClN3O4S. The molecule has 1 aromatic carbocycles. The Kier molecular flexibility index (Phi) is 6.11. The SMILES string of the molecule is CC(c1ccccn1)N(C(=O)c1cc(S(=O)(=O)N2CCOCC2)ccc1Cl)C1CC1. The van der Waals surface area contributed by atoms with Crippen LogP contribution in [-0.2, 0) is 14.8 Å². The van der Waals surface area contributed by atoms with Crippen LogP contribution in [0.3, 0.4) is 0 Å². The zero-order valence-electron chi connectivity index (χ0n) is 16.7. The van der Waals surface area contributed by atoms with Crippen molar-refractivity contribution in [3.8, 4) is 0 Å². The van der Waals surface area contributed by atoms with Gasteiger partial charge in [-0.3, -0.25) is 9.78 Å². The first-order valence-corrected chi connectivity index (χ1v) is 11.8. The van der Waals surface area contributed by atoms with Gasteiger partial charge in [0.1, 0.15) is 0 Å². The molecule has 1 atom stereocenters. The van der Waals surface area contributed by atoms with Crippen molar-refractivity contribution >= 4 is 27.5 Å². The van der Waals surface area contributed by atoms with Crippen molar-refractivity contribution in [2.45, 2.75) is 36.7 Å². The third-order valence-electron chi connectivity index (χ3n) is 5.48. The minimum Gasteiger partial charge on any atom is -0.379 e. The van der Waals surface area contributed by atoms with Gasteiger partial charge in [0, 0.05) is 25.3 Å². The molecule has 7 nitrogen and oxygen atoms in total. The summed E-state index contributed by atoms with van der Waals surface area (Å²) in [6.45, 7) is 3.23. The first kappa shape index (κ1) is 21.2. The van der Waals surface area contributed by atoms with Crippen LogP contribution in [0.15, 0.2) is 47.5 Å². The van der Waals surface area contributed by atoms with Gasteiger partial charge in [-0.15, -0.1) is 0 Å². The van der Waals surface area contributed by atoms with Crippen molar-refractivity contribution in [1.29, 1.82) is 0 Å². The largest absolute Gasteiger partial charge is 0.379 e. The van der Waals surface area contributed by atoms with E-state index < -0.39 is 10.0 Å². The molecule has 1 saturated carbocycles. The zero-order valence-corrected chi connectivity index (χ0v) is 18.3. The number of ether oxygens (including phenoxy) is 1. The summed E-state index contributed by atoms with van der Waals surface area (Å²) in [6, 6.07) is 9.79. The summed E-state index contributed by atoms with van der Waals surface area (Å²) in [6.07, 6.45) is 3.52. The number of halogens is 1. The van der Waals surface area contributed by atoms with Gasteiger partial charge in [-0.05, 0) is 50.1 Å². The molecule has 0 bridgehead atoms. The second-order valence-electron chi connectivity index (χ2n) is 7.53. The number of rotatable bonds is 6. The van der Waals surface area contributed by atoms with Gasteiger partial charge in [-0.2, -0.15) is 4.31 Å². The highest BCUT2D eigenvalue weighted by molar-refractivity contribution is 7.89. The van der Waals surface area contributed by atoms with Crippen molar-refractivity contribution in [2.24, 2.45) is 0 Å². The fourth-order valence-corrected chi connectivity index (χ4v) is 5.31. The molecular weight excluding hydrogens is 426 g/mol. The van der Waals surface area contributed by atoms with Crippen LogP contribution < -0.4 is 0 Å². The zero-order chi connectivity index (χ0) is 21.3. The summed E-state index contributed by atoms with van der Waals surface area (Å²) in [7, 11) is -3.73. The normalized spacial score (nSPS) is 18.7. The number of hydrogen-bond acceptors (Lipinski definition) is 5. The molecule has 1 aromatic heterocycles. The van der Waals surface area contributed by atoms with Gasteiger partial charge in [-0.1, -0.05) is 17.7 Å². The van der Waals surface area contributed by atoms with Crippen LogP contribution in [0.4, 0.5) is 0 Å². The number of morpholine rings is 1. The molecule has 2 fully saturated rings. The number of nitrogens with zero attached hydrogens (tertiary/aromatic N) is 3. The fraction of sp³-hybridized carbons (Fsp3) is 0.429. The molecule has 2 aliphatic rings. The van der Waals surface area contributed by atoms with Crippen molar-refractivity contribution in [3.63, 3.8) is 0 Å². The third kappa shape index (κ3) is 4.23. The number of sulfonamides is 1. The highest BCUT2D eigenvalue weighted by Crippen LogP contribution is 2.36. The average Bonchev–Trinajstić information content (AvgIpc) is 3.60. The fourth-order valence-electron chi connectivity index (χ4n) is 3.68. The Balaban J connectivity index is 1.67. The highest BCUT2D eigenvalue weighted by Gasteiger charge is 2.38. The summed E-state index contributed by atoms with van der Waals surface area (Å²) in [5.74, 6) is -0.278. The number of benzene rings is 1. The highest BCUT2D eigenvalue weighted by atomic mass is 35.5. The van der Waals surface area contributed by atoms with E-state index in [1.54, 1.807) is 11.1 Å². The van der Waals surface area contributed by atoms with Gasteiger partial charge < -0.3 is 9.64 Å². The topological polar surface area (TPSA) is 79.8 Å². The van der Waals surface area contributed by atoms with Crippen LogP contribution in [-0.4, -0.2) is 60.9 Å². The molecule has 1 unspecified atom stereocenters. The first-order valence-electron chi connectivity index (χ1n) is 10.0. The lowest BCUT2D eigenvalue weighted by Gasteiger charge is -2.30. The molecule has 160 valence electrons. The molecule has 2 aromatic rings. The standard InChI is InChI=1S/C21H24ClN3O4S/c1-15(20-4-2-3-9-23-20)25(16-5-6-16)21(26)18-14-17(7-8-19(18)22)30(27,28)24-10-12-29-13-11-24/h2-4,7-9,14-16H,5-6,10-13H2,1H3. The Hall–Kier alpha value is -2.00. The summed E-state index contributed by atoms with van der Waals surface area (Å²) >= 11 is 6.36. The maximum Gasteiger partial charge on any atom is 0.256 e. The van der Waals surface area contributed by atoms with E-state index in [2.05, 4.69) is 4.98 Å². The molecule has 0 spiro atoms. The van der Waals surface area contributed by atoms with E-state index in [9.17, 15) is 13.2 Å². The van der Waals surface area contributed by atoms with Gasteiger partial charge in [-0.25, -0.2) is 8.42 Å². The number of amides is 1. The third-order valence-corrected chi connectivity index (χ3v) is 7.71. The van der Waals surface area contributed by atoms with Crippen molar-refractivity contribution in [1.82, 2.24) is 14.2 Å². The molecule has 9 heteroatoms. The van der Waals surface area contributed by atoms with Gasteiger partial charge in [0.25, 0.3) is 5.91 Å². The predicted octanol–water partition coefficient (Wildman–Crippen LogP) is 3.12. The van der Waals surface area contributed by atoms with Crippen LogP contribution in [0.1, 0.15) is 41.9 Å². The van der Waals surface area contributed by atoms with E-state index in [0.717, 1.165) is 18.5 Å². The molecule has 1 amide bonds. The quantitative estimate of drug-likeness (QED) is 0.676. The minimum absolute atomic E-state index is 0.0680. The number of hydrogen-bond donors (Lipinski definition) is 0. The van der Waals surface area contributed by atoms with E-state index in [0.29, 0.717) is 26.3 Å². The van der Waals surface area contributed by atoms with Gasteiger partial charge >= 0.3 is 0 Å². The number of carbonyl (C=O) groups excluding carboxylic acids is 1. The molecule has 4 rings (SSSR count). The number of carbonyl (C=O) groups is 1. The van der Waals surface area contributed by atoms with E-state index in [1.165, 1.54) is 22.5 Å². The van der Waals surface area contributed by atoms with Crippen molar-refractivity contribution < 1.29 is 17.9 Å². The lowest BCUT2D eigenvalue weighted by Crippen LogP contribution is -2.40. The van der Waals surface area contributed by atoms with Crippen LogP contribution in [0.2, 0.25) is 5.02 Å². The predicted molar refractivity (Wildman–Crippen MR) is 113 cm³/mol. The Morgan fingerprint density at radius 2 is 1.97 bits per heavy atom. The van der Waals surface area contributed by atoms with Crippen LogP contribution >= 0.6 is 11.6 Å². The maximum absolute atomic E-state index is 13.5. The van der Waals surface area contributed by atoms with Crippen LogP contribution in [0.25, 0.3) is 0 Å². The second-order valence-corrected chi connectivity index (χ2v) is 9.88. The number of aromatic nitrogens is 1. The summed E-state index contributed by atoms with van der Waals surface area (Å²) in [5, 5.41) is 0.236. The molecule has 2 heterocycles. The molecule has 1 aliphatic carbocycles. The van der Waals surface area contributed by atoms with E-state index >= 15 is 0 Å². The Labute approximate surface area is 181 Å². The summed E-state index contributed by atoms with van der Waals surface area (Å²) in [5.41, 5.74) is 0.978. The lowest BCUT2D eigenvalue weighted by molar-refractivity contribution is 0.0670. The molecule has 1 aliphatic heterocycles. The summed E-state index contributed by atoms with van der Waals surface area (Å²) < 4.78 is 32.7. The summed E-state index contributed by atoms with van der Waals surface area (Å²) in [4.78, 5) is 19.7. The molecule has 30 heavy (non-hydrogen) atoms. The van der Waals surface area contributed by atoms with Gasteiger partial charge in [0.2, 0.25) is 10.0 Å². The molecule has 0 radical (unpaired) electrons. The number of pyridine rings is 1. The Morgan fingerprint density at radius 1 is 1.23 bits per heavy atom. The van der Waals surface area contributed by atoms with Crippen molar-refractivity contribution in [2.75, 3.05) is 26.3 Å². The average molecular weight is 450 g/mol. The van der Waals surface area contributed by atoms with Crippen molar-refractivity contribution in [3.05, 3.63) is 58.9 Å². The van der Waals surface area contributed by atoms with Crippen LogP contribution in [0, 0.1) is 0 Å². The molecule has 0 N–H and O–H groups in total. The minimum atomic E-state index is -3.73. The Bertz CT molecular complexity index is 1020. The monoisotopic (exact) mass is 449 g/mol. The maximum atomic E-state index is 13.5. The van der Waals surface area contributed by atoms with Gasteiger partial charge in [0.05, 0.1) is 40.4 Å². The van der Waals surface area contributed by atoms with Crippen LogP contribution in [0.5, 0.6) is 0 Å². The Morgan fingerprint density at radius 3 is 2.60 bits per heavy atom. The van der Waals surface area contributed by atoms with E-state index in [4.69, 9.17) is 16.3 Å². The van der Waals surface area contributed by atoms with Gasteiger partial charge in [0.15, 0.2) is 0 Å². The lowest BCUT2D eigenvalue weighted by atomic mass is 10.1.